The zero-order chi connectivity index (χ0) is 14.7. The third-order valence-corrected chi connectivity index (χ3v) is 2.78. The molecule has 0 unspecified atom stereocenters. The Labute approximate surface area is 118 Å². The summed E-state index contributed by atoms with van der Waals surface area (Å²) in [7, 11) is 0. The molecular weight excluding hydrogens is 284 g/mol. The average Bonchev–Trinajstić information content (AvgIpc) is 2.91. The summed E-state index contributed by atoms with van der Waals surface area (Å²) in [5, 5.41) is 4.57. The maximum absolute atomic E-state index is 11.6. The van der Waals surface area contributed by atoms with Crippen LogP contribution in [0, 0.1) is 0 Å². The molecule has 0 aliphatic rings. The molecule has 6 N–H and O–H groups in total. The lowest BCUT2D eigenvalue weighted by Crippen LogP contribution is -2.35. The van der Waals surface area contributed by atoms with Crippen molar-refractivity contribution in [2.45, 2.75) is 0 Å². The van der Waals surface area contributed by atoms with Gasteiger partial charge >= 0.3 is 0 Å². The fourth-order valence-corrected chi connectivity index (χ4v) is 1.71. The highest BCUT2D eigenvalue weighted by atomic mass is 35.5. The first-order chi connectivity index (χ1) is 9.56. The van der Waals surface area contributed by atoms with Gasteiger partial charge in [-0.1, -0.05) is 11.6 Å². The van der Waals surface area contributed by atoms with Crippen LogP contribution in [0.15, 0.2) is 30.5 Å². The van der Waals surface area contributed by atoms with Crippen LogP contribution in [-0.2, 0) is 0 Å². The van der Waals surface area contributed by atoms with Gasteiger partial charge in [0.25, 0.3) is 11.8 Å². The summed E-state index contributed by atoms with van der Waals surface area (Å²) in [6.07, 6.45) is 1.37. The average molecular weight is 295 g/mol. The number of nitrogen functional groups attached to an aromatic ring is 2. The maximum Gasteiger partial charge on any atom is 0.286 e. The maximum atomic E-state index is 11.6. The molecule has 1 heterocycles. The fourth-order valence-electron chi connectivity index (χ4n) is 1.58. The number of nitrogens with zero attached hydrogens (tertiary/aromatic N) is 2. The largest absolute Gasteiger partial charge is 0.290 e. The lowest BCUT2D eigenvalue weighted by atomic mass is 10.2. The topological polar surface area (TPSA) is 128 Å². The van der Waals surface area contributed by atoms with Crippen LogP contribution >= 0.6 is 11.6 Å². The van der Waals surface area contributed by atoms with Gasteiger partial charge < -0.3 is 0 Å². The molecule has 0 saturated carbocycles. The molecule has 9 heteroatoms. The highest BCUT2D eigenvalue weighted by Crippen LogP contribution is 2.15. The molecule has 8 nitrogen and oxygen atoms in total. The van der Waals surface area contributed by atoms with Crippen LogP contribution in [0.25, 0.3) is 5.69 Å². The molecule has 0 saturated heterocycles. The van der Waals surface area contributed by atoms with Crippen LogP contribution in [0.1, 0.15) is 20.8 Å². The second kappa shape index (κ2) is 5.70. The molecule has 0 aliphatic heterocycles. The number of benzene rings is 1. The number of amides is 2. The van der Waals surface area contributed by atoms with E-state index in [9.17, 15) is 9.59 Å². The number of aromatic nitrogens is 2. The Morgan fingerprint density at radius 1 is 1.10 bits per heavy atom. The number of hydrogen-bond acceptors (Lipinski definition) is 5. The summed E-state index contributed by atoms with van der Waals surface area (Å²) in [5.74, 6) is 8.77. The van der Waals surface area contributed by atoms with Gasteiger partial charge in [-0.05, 0) is 24.3 Å². The van der Waals surface area contributed by atoms with Crippen molar-refractivity contribution in [1.82, 2.24) is 20.6 Å². The van der Waals surface area contributed by atoms with Gasteiger partial charge in [0.2, 0.25) is 0 Å². The zero-order valence-corrected chi connectivity index (χ0v) is 10.9. The molecule has 20 heavy (non-hydrogen) atoms. The lowest BCUT2D eigenvalue weighted by Gasteiger charge is -2.00. The van der Waals surface area contributed by atoms with Crippen molar-refractivity contribution in [1.29, 1.82) is 0 Å². The van der Waals surface area contributed by atoms with Crippen molar-refractivity contribution in [3.63, 3.8) is 0 Å². The van der Waals surface area contributed by atoms with Crippen LogP contribution in [-0.4, -0.2) is 21.6 Å². The first kappa shape index (κ1) is 14.0. The quantitative estimate of drug-likeness (QED) is 0.352. The SMILES string of the molecule is NNC(=O)c1cn(-c2ccc(Cl)cc2)nc1C(=O)NN. The molecular formula is C11H11ClN6O2. The molecule has 2 aromatic rings. The van der Waals surface area contributed by atoms with E-state index in [2.05, 4.69) is 5.10 Å². The molecule has 1 aromatic heterocycles. The summed E-state index contributed by atoms with van der Waals surface area (Å²) < 4.78 is 1.35. The smallest absolute Gasteiger partial charge is 0.286 e. The monoisotopic (exact) mass is 294 g/mol. The van der Waals surface area contributed by atoms with Gasteiger partial charge in [-0.3, -0.25) is 20.4 Å². The number of halogens is 1. The van der Waals surface area contributed by atoms with Crippen LogP contribution in [0.3, 0.4) is 0 Å². The van der Waals surface area contributed by atoms with E-state index >= 15 is 0 Å². The molecule has 104 valence electrons. The molecule has 0 radical (unpaired) electrons. The Balaban J connectivity index is 2.51. The lowest BCUT2D eigenvalue weighted by molar-refractivity contribution is 0.0917. The van der Waals surface area contributed by atoms with Gasteiger partial charge in [0.1, 0.15) is 0 Å². The van der Waals surface area contributed by atoms with Crippen LogP contribution < -0.4 is 22.5 Å². The zero-order valence-electron chi connectivity index (χ0n) is 10.1. The highest BCUT2D eigenvalue weighted by Gasteiger charge is 2.21. The first-order valence-corrected chi connectivity index (χ1v) is 5.82. The van der Waals surface area contributed by atoms with Crippen molar-refractivity contribution in [3.05, 3.63) is 46.7 Å². The molecule has 2 amide bonds. The summed E-state index contributed by atoms with van der Waals surface area (Å²) >= 11 is 5.79. The summed E-state index contributed by atoms with van der Waals surface area (Å²) in [6, 6.07) is 6.68. The van der Waals surface area contributed by atoms with E-state index < -0.39 is 11.8 Å². The Morgan fingerprint density at radius 2 is 1.70 bits per heavy atom. The minimum atomic E-state index is -0.698. The summed E-state index contributed by atoms with van der Waals surface area (Å²) in [4.78, 5) is 23.2. The van der Waals surface area contributed by atoms with Crippen LogP contribution in [0.5, 0.6) is 0 Å². The van der Waals surface area contributed by atoms with Gasteiger partial charge in [0.05, 0.1) is 11.3 Å². The Kier molecular flexibility index (Phi) is 3.99. The van der Waals surface area contributed by atoms with Gasteiger partial charge in [0, 0.05) is 11.2 Å². The van der Waals surface area contributed by atoms with Crippen LogP contribution in [0.4, 0.5) is 0 Å². The van der Waals surface area contributed by atoms with Crippen molar-refractivity contribution in [2.24, 2.45) is 11.7 Å². The number of rotatable bonds is 3. The van der Waals surface area contributed by atoms with Gasteiger partial charge in [0.15, 0.2) is 5.69 Å². The second-order valence-corrected chi connectivity index (χ2v) is 4.20. The highest BCUT2D eigenvalue weighted by molar-refractivity contribution is 6.30. The number of carbonyl (C=O) groups excluding carboxylic acids is 2. The molecule has 0 bridgehead atoms. The predicted octanol–water partition coefficient (Wildman–Crippen LogP) is -0.267. The Bertz CT molecular complexity index is 618. The molecule has 2 rings (SSSR count). The third kappa shape index (κ3) is 2.62. The number of nitrogens with one attached hydrogen (secondary N) is 2. The van der Waals surface area contributed by atoms with E-state index in [0.29, 0.717) is 10.7 Å². The minimum absolute atomic E-state index is 0.00500. The molecule has 0 spiro atoms. The molecule has 0 fully saturated rings. The van der Waals surface area contributed by atoms with Gasteiger partial charge in [-0.25, -0.2) is 16.4 Å². The standard InChI is InChI=1S/C11H11ClN6O2/c12-6-1-3-7(4-2-6)18-5-8(10(19)15-13)9(17-18)11(20)16-14/h1-5H,13-14H2,(H,15,19)(H,16,20). The van der Waals surface area contributed by atoms with E-state index in [1.807, 2.05) is 10.9 Å². The van der Waals surface area contributed by atoms with Crippen molar-refractivity contribution in [3.8, 4) is 5.69 Å². The van der Waals surface area contributed by atoms with E-state index in [4.69, 9.17) is 23.3 Å². The van der Waals surface area contributed by atoms with Crippen LogP contribution in [0.2, 0.25) is 5.02 Å². The van der Waals surface area contributed by atoms with Gasteiger partial charge in [-0.15, -0.1) is 0 Å². The van der Waals surface area contributed by atoms with E-state index in [0.717, 1.165) is 0 Å². The summed E-state index contributed by atoms with van der Waals surface area (Å²) in [5.41, 5.74) is 4.35. The third-order valence-electron chi connectivity index (χ3n) is 2.53. The number of hydrazine groups is 2. The Hall–Kier alpha value is -2.42. The number of nitrogens with two attached hydrogens (primary N) is 2. The van der Waals surface area contributed by atoms with Gasteiger partial charge in [-0.2, -0.15) is 5.10 Å². The fraction of sp³-hybridized carbons (Fsp3) is 0. The first-order valence-electron chi connectivity index (χ1n) is 5.44. The Morgan fingerprint density at radius 3 is 2.25 bits per heavy atom. The van der Waals surface area contributed by atoms with Crippen molar-refractivity contribution in [2.75, 3.05) is 0 Å². The number of hydrogen-bond donors (Lipinski definition) is 4. The van der Waals surface area contributed by atoms with E-state index in [1.165, 1.54) is 10.9 Å². The van der Waals surface area contributed by atoms with E-state index in [1.54, 1.807) is 24.3 Å². The van der Waals surface area contributed by atoms with E-state index in [-0.39, 0.29) is 11.3 Å². The van der Waals surface area contributed by atoms with Crippen molar-refractivity contribution < 1.29 is 9.59 Å². The second-order valence-electron chi connectivity index (χ2n) is 3.76. The predicted molar refractivity (Wildman–Crippen MR) is 71.9 cm³/mol. The molecule has 1 aromatic carbocycles. The summed E-state index contributed by atoms with van der Waals surface area (Å²) in [6.45, 7) is 0. The molecule has 0 aliphatic carbocycles. The van der Waals surface area contributed by atoms with Crippen molar-refractivity contribution >= 4 is 23.4 Å². The normalized spacial score (nSPS) is 10.2. The molecule has 0 atom stereocenters. The number of carbonyl (C=O) groups is 2. The minimum Gasteiger partial charge on any atom is -0.290 e.